The Balaban J connectivity index is 2.11. The zero-order valence-corrected chi connectivity index (χ0v) is 9.66. The molecule has 0 radical (unpaired) electrons. The van der Waals surface area contributed by atoms with Crippen LogP contribution in [-0.4, -0.2) is 40.0 Å². The third kappa shape index (κ3) is 2.06. The summed E-state index contributed by atoms with van der Waals surface area (Å²) in [6, 6.07) is 0. The van der Waals surface area contributed by atoms with E-state index in [4.69, 9.17) is 5.11 Å². The molecule has 86 valence electrons. The fraction of sp³-hybridized carbons (Fsp3) is 0.500. The maximum atomic E-state index is 11.9. The number of hydrogen-bond acceptors (Lipinski definition) is 4. The predicted molar refractivity (Wildman–Crippen MR) is 58.8 cm³/mol. The first kappa shape index (κ1) is 11.1. The number of aromatic nitrogens is 1. The van der Waals surface area contributed by atoms with Gasteiger partial charge in [0.1, 0.15) is 5.69 Å². The molecule has 1 N–H and O–H groups in total. The minimum atomic E-state index is -1.08. The molecule has 1 aliphatic heterocycles. The van der Waals surface area contributed by atoms with Crippen molar-refractivity contribution < 1.29 is 14.7 Å². The van der Waals surface area contributed by atoms with E-state index in [9.17, 15) is 9.59 Å². The number of hydrogen-bond donors (Lipinski definition) is 1. The number of carbonyl (C=O) groups excluding carboxylic acids is 1. The second kappa shape index (κ2) is 4.21. The van der Waals surface area contributed by atoms with Crippen LogP contribution in [0.5, 0.6) is 0 Å². The summed E-state index contributed by atoms with van der Waals surface area (Å²) in [7, 11) is 0. The second-order valence-corrected chi connectivity index (χ2v) is 4.85. The molecule has 1 unspecified atom stereocenters. The molecule has 0 aromatic carbocycles. The molecule has 16 heavy (non-hydrogen) atoms. The summed E-state index contributed by atoms with van der Waals surface area (Å²) in [5.74, 6) is -0.728. The van der Waals surface area contributed by atoms with Gasteiger partial charge in [-0.2, -0.15) is 0 Å². The number of carbonyl (C=O) groups is 2. The number of amides is 1. The molecule has 1 aromatic heterocycles. The van der Waals surface area contributed by atoms with Crippen molar-refractivity contribution in [2.45, 2.75) is 13.3 Å². The topological polar surface area (TPSA) is 70.5 Å². The first-order chi connectivity index (χ1) is 7.58. The standard InChI is InChI=1S/C10H12N2O3S/c1-6-2-3-12(4-6)9(13)7-5-16-8(11-7)10(14)15/h5-6H,2-4H2,1H3,(H,14,15). The average Bonchev–Trinajstić information content (AvgIpc) is 2.84. The second-order valence-electron chi connectivity index (χ2n) is 3.99. The van der Waals surface area contributed by atoms with E-state index in [0.29, 0.717) is 5.92 Å². The van der Waals surface area contributed by atoms with Gasteiger partial charge in [-0.3, -0.25) is 4.79 Å². The molecule has 2 heterocycles. The van der Waals surface area contributed by atoms with Gasteiger partial charge in [-0.15, -0.1) is 11.3 Å². The molecule has 5 nitrogen and oxygen atoms in total. The fourth-order valence-electron chi connectivity index (χ4n) is 1.75. The Morgan fingerprint density at radius 2 is 2.38 bits per heavy atom. The molecule has 1 atom stereocenters. The van der Waals surface area contributed by atoms with Gasteiger partial charge in [0.2, 0.25) is 5.01 Å². The molecule has 6 heteroatoms. The highest BCUT2D eigenvalue weighted by Gasteiger charge is 2.26. The van der Waals surface area contributed by atoms with Crippen molar-refractivity contribution in [3.63, 3.8) is 0 Å². The Hall–Kier alpha value is -1.43. The van der Waals surface area contributed by atoms with Crippen LogP contribution in [0.25, 0.3) is 0 Å². The molecule has 1 amide bonds. The molecule has 0 aliphatic carbocycles. The molecule has 1 aliphatic rings. The van der Waals surface area contributed by atoms with Gasteiger partial charge >= 0.3 is 5.97 Å². The number of carboxylic acids is 1. The van der Waals surface area contributed by atoms with Crippen LogP contribution in [0.4, 0.5) is 0 Å². The molecule has 0 saturated carbocycles. The van der Waals surface area contributed by atoms with Gasteiger partial charge < -0.3 is 10.0 Å². The van der Waals surface area contributed by atoms with Gasteiger partial charge in [-0.25, -0.2) is 9.78 Å². The average molecular weight is 240 g/mol. The summed E-state index contributed by atoms with van der Waals surface area (Å²) in [5.41, 5.74) is 0.247. The molecule has 2 rings (SSSR count). The minimum absolute atomic E-state index is 0.0319. The van der Waals surface area contributed by atoms with Crippen molar-refractivity contribution in [1.82, 2.24) is 9.88 Å². The lowest BCUT2D eigenvalue weighted by Gasteiger charge is -2.13. The molecule has 1 saturated heterocycles. The van der Waals surface area contributed by atoms with Gasteiger partial charge in [0.15, 0.2) is 0 Å². The number of thiazole rings is 1. The van der Waals surface area contributed by atoms with E-state index in [-0.39, 0.29) is 16.6 Å². The SMILES string of the molecule is CC1CCN(C(=O)c2csc(C(=O)O)n2)C1. The van der Waals surface area contributed by atoms with Crippen LogP contribution < -0.4 is 0 Å². The number of aromatic carboxylic acids is 1. The quantitative estimate of drug-likeness (QED) is 0.846. The lowest BCUT2D eigenvalue weighted by molar-refractivity contribution is 0.0696. The monoisotopic (exact) mass is 240 g/mol. The summed E-state index contributed by atoms with van der Waals surface area (Å²) in [6.07, 6.45) is 1.00. The van der Waals surface area contributed by atoms with Gasteiger partial charge in [0.05, 0.1) is 0 Å². The van der Waals surface area contributed by atoms with Crippen molar-refractivity contribution in [3.8, 4) is 0 Å². The van der Waals surface area contributed by atoms with Crippen LogP contribution >= 0.6 is 11.3 Å². The number of carboxylic acid groups (broad SMARTS) is 1. The van der Waals surface area contributed by atoms with Crippen molar-refractivity contribution >= 4 is 23.2 Å². The van der Waals surface area contributed by atoms with Gasteiger partial charge in [-0.05, 0) is 12.3 Å². The van der Waals surface area contributed by atoms with Gasteiger partial charge in [-0.1, -0.05) is 6.92 Å². The van der Waals surface area contributed by atoms with Crippen molar-refractivity contribution in [1.29, 1.82) is 0 Å². The molecule has 1 fully saturated rings. The van der Waals surface area contributed by atoms with E-state index in [1.165, 1.54) is 5.38 Å². The third-order valence-electron chi connectivity index (χ3n) is 2.62. The predicted octanol–water partition coefficient (Wildman–Crippen LogP) is 1.32. The molecular formula is C10H12N2O3S. The largest absolute Gasteiger partial charge is 0.476 e. The zero-order valence-electron chi connectivity index (χ0n) is 8.84. The summed E-state index contributed by atoms with van der Waals surface area (Å²) in [5, 5.41) is 10.2. The van der Waals surface area contributed by atoms with E-state index >= 15 is 0 Å². The summed E-state index contributed by atoms with van der Waals surface area (Å²) in [4.78, 5) is 28.1. The Kier molecular flexibility index (Phi) is 2.91. The third-order valence-corrected chi connectivity index (χ3v) is 3.45. The Bertz CT molecular complexity index is 429. The van der Waals surface area contributed by atoms with Gasteiger partial charge in [0.25, 0.3) is 5.91 Å². The van der Waals surface area contributed by atoms with Crippen LogP contribution in [0, 0.1) is 5.92 Å². The number of likely N-dealkylation sites (tertiary alicyclic amines) is 1. The van der Waals surface area contributed by atoms with E-state index in [2.05, 4.69) is 11.9 Å². The lowest BCUT2D eigenvalue weighted by Crippen LogP contribution is -2.28. The van der Waals surface area contributed by atoms with E-state index in [1.807, 2.05) is 0 Å². The van der Waals surface area contributed by atoms with Crippen molar-refractivity contribution in [2.75, 3.05) is 13.1 Å². The van der Waals surface area contributed by atoms with Crippen molar-refractivity contribution in [3.05, 3.63) is 16.1 Å². The normalized spacial score (nSPS) is 20.1. The summed E-state index contributed by atoms with van der Waals surface area (Å²) in [6.45, 7) is 3.57. The van der Waals surface area contributed by atoms with Crippen LogP contribution in [0.1, 0.15) is 33.6 Å². The Labute approximate surface area is 96.7 Å². The highest BCUT2D eigenvalue weighted by Crippen LogP contribution is 2.19. The Morgan fingerprint density at radius 3 is 2.88 bits per heavy atom. The van der Waals surface area contributed by atoms with E-state index in [1.54, 1.807) is 4.90 Å². The van der Waals surface area contributed by atoms with Gasteiger partial charge in [0, 0.05) is 18.5 Å². The number of nitrogens with zero attached hydrogens (tertiary/aromatic N) is 2. The smallest absolute Gasteiger partial charge is 0.365 e. The maximum absolute atomic E-state index is 11.9. The maximum Gasteiger partial charge on any atom is 0.365 e. The van der Waals surface area contributed by atoms with E-state index < -0.39 is 5.97 Å². The molecular weight excluding hydrogens is 228 g/mol. The molecule has 1 aromatic rings. The summed E-state index contributed by atoms with van der Waals surface area (Å²) < 4.78 is 0. The summed E-state index contributed by atoms with van der Waals surface area (Å²) >= 11 is 0.987. The highest BCUT2D eigenvalue weighted by molar-refractivity contribution is 7.11. The van der Waals surface area contributed by atoms with Crippen molar-refractivity contribution in [2.24, 2.45) is 5.92 Å². The van der Waals surface area contributed by atoms with Crippen LogP contribution in [-0.2, 0) is 0 Å². The number of rotatable bonds is 2. The fourth-order valence-corrected chi connectivity index (χ4v) is 2.38. The first-order valence-electron chi connectivity index (χ1n) is 5.06. The Morgan fingerprint density at radius 1 is 1.62 bits per heavy atom. The lowest BCUT2D eigenvalue weighted by atomic mass is 10.2. The van der Waals surface area contributed by atoms with Crippen LogP contribution in [0.15, 0.2) is 5.38 Å². The minimum Gasteiger partial charge on any atom is -0.476 e. The molecule has 0 bridgehead atoms. The highest BCUT2D eigenvalue weighted by atomic mass is 32.1. The van der Waals surface area contributed by atoms with E-state index in [0.717, 1.165) is 30.8 Å². The molecule has 0 spiro atoms. The zero-order chi connectivity index (χ0) is 11.7. The first-order valence-corrected chi connectivity index (χ1v) is 5.94. The van der Waals surface area contributed by atoms with Crippen LogP contribution in [0.2, 0.25) is 0 Å². The van der Waals surface area contributed by atoms with Crippen LogP contribution in [0.3, 0.4) is 0 Å².